The molecule has 0 spiro atoms. The molecule has 0 bridgehead atoms. The van der Waals surface area contributed by atoms with Crippen LogP contribution >= 0.6 is 15.9 Å². The number of aryl methyl sites for hydroxylation is 1. The molecule has 1 atom stereocenters. The van der Waals surface area contributed by atoms with Gasteiger partial charge in [0.2, 0.25) is 0 Å². The van der Waals surface area contributed by atoms with Gasteiger partial charge < -0.3 is 20.5 Å². The highest BCUT2D eigenvalue weighted by Crippen LogP contribution is 2.22. The van der Waals surface area contributed by atoms with E-state index in [0.717, 1.165) is 10.0 Å². The fraction of sp³-hybridized carbons (Fsp3) is 0.385. The summed E-state index contributed by atoms with van der Waals surface area (Å²) in [7, 11) is 0. The van der Waals surface area contributed by atoms with Gasteiger partial charge in [0, 0.05) is 23.2 Å². The molecule has 1 unspecified atom stereocenters. The third-order valence-electron chi connectivity index (χ3n) is 3.23. The molecule has 1 aromatic rings. The molecular formula is C13H15BrN2O4. The van der Waals surface area contributed by atoms with Gasteiger partial charge in [-0.2, -0.15) is 0 Å². The van der Waals surface area contributed by atoms with Crippen LogP contribution in [-0.4, -0.2) is 35.9 Å². The van der Waals surface area contributed by atoms with Crippen molar-refractivity contribution >= 4 is 33.6 Å². The maximum Gasteiger partial charge on any atom is 0.332 e. The van der Waals surface area contributed by atoms with Gasteiger partial charge in [0.1, 0.15) is 0 Å². The monoisotopic (exact) mass is 342 g/mol. The maximum atomic E-state index is 12.0. The number of carboxylic acid groups (broad SMARTS) is 1. The van der Waals surface area contributed by atoms with Crippen LogP contribution in [-0.2, 0) is 9.53 Å². The second-order valence-corrected chi connectivity index (χ2v) is 5.64. The number of rotatable bonds is 3. The first kappa shape index (κ1) is 14.8. The van der Waals surface area contributed by atoms with Crippen LogP contribution in [0.3, 0.4) is 0 Å². The molecule has 2 rings (SSSR count). The van der Waals surface area contributed by atoms with Crippen LogP contribution in [0, 0.1) is 6.92 Å². The van der Waals surface area contributed by atoms with Gasteiger partial charge in [-0.15, -0.1) is 0 Å². The summed E-state index contributed by atoms with van der Waals surface area (Å²) >= 11 is 3.32. The first-order chi connectivity index (χ1) is 9.43. The number of hydrogen-bond acceptors (Lipinski definition) is 3. The van der Waals surface area contributed by atoms with Gasteiger partial charge in [0.05, 0.1) is 6.61 Å². The van der Waals surface area contributed by atoms with Gasteiger partial charge in [-0.1, -0.05) is 22.0 Å². The minimum absolute atomic E-state index is 0.0206. The molecule has 1 aliphatic rings. The molecule has 6 nitrogen and oxygen atoms in total. The molecule has 1 fully saturated rings. The average Bonchev–Trinajstić information content (AvgIpc) is 2.83. The lowest BCUT2D eigenvalue weighted by molar-refractivity contribution is -0.144. The molecule has 3 N–H and O–H groups in total. The van der Waals surface area contributed by atoms with E-state index in [-0.39, 0.29) is 13.0 Å². The number of benzene rings is 1. The third kappa shape index (κ3) is 3.10. The van der Waals surface area contributed by atoms with Gasteiger partial charge in [0.15, 0.2) is 5.54 Å². The Balaban J connectivity index is 2.08. The summed E-state index contributed by atoms with van der Waals surface area (Å²) in [5.41, 5.74) is 0.163. The Morgan fingerprint density at radius 1 is 1.45 bits per heavy atom. The number of carboxylic acids is 1. The number of aliphatic carboxylic acids is 1. The van der Waals surface area contributed by atoms with Crippen LogP contribution in [0.5, 0.6) is 0 Å². The van der Waals surface area contributed by atoms with Crippen LogP contribution in [0.25, 0.3) is 0 Å². The van der Waals surface area contributed by atoms with Gasteiger partial charge >= 0.3 is 12.0 Å². The van der Waals surface area contributed by atoms with Gasteiger partial charge in [-0.3, -0.25) is 0 Å². The molecule has 20 heavy (non-hydrogen) atoms. The number of amides is 2. The topological polar surface area (TPSA) is 87.7 Å². The summed E-state index contributed by atoms with van der Waals surface area (Å²) < 4.78 is 5.91. The highest BCUT2D eigenvalue weighted by atomic mass is 79.9. The van der Waals surface area contributed by atoms with Crippen molar-refractivity contribution in [3.63, 3.8) is 0 Å². The van der Waals surface area contributed by atoms with Crippen LogP contribution < -0.4 is 10.6 Å². The molecule has 0 radical (unpaired) electrons. The number of anilines is 1. The Morgan fingerprint density at radius 3 is 2.80 bits per heavy atom. The minimum Gasteiger partial charge on any atom is -0.479 e. The number of ether oxygens (including phenoxy) is 1. The summed E-state index contributed by atoms with van der Waals surface area (Å²) in [5.74, 6) is -1.09. The second-order valence-electron chi connectivity index (χ2n) is 4.73. The summed E-state index contributed by atoms with van der Waals surface area (Å²) in [5, 5.41) is 14.4. The zero-order valence-corrected chi connectivity index (χ0v) is 12.5. The molecule has 7 heteroatoms. The fourth-order valence-corrected chi connectivity index (χ4v) is 2.35. The smallest absolute Gasteiger partial charge is 0.332 e. The Labute approximate surface area is 124 Å². The Bertz CT molecular complexity index is 541. The van der Waals surface area contributed by atoms with E-state index in [0.29, 0.717) is 12.3 Å². The van der Waals surface area contributed by atoms with Crippen molar-refractivity contribution in [3.8, 4) is 0 Å². The summed E-state index contributed by atoms with van der Waals surface area (Å²) in [6.07, 6.45) is 0.257. The highest BCUT2D eigenvalue weighted by molar-refractivity contribution is 9.10. The van der Waals surface area contributed by atoms with Gasteiger partial charge in [-0.25, -0.2) is 9.59 Å². The molecular weight excluding hydrogens is 328 g/mol. The number of hydrogen-bond donors (Lipinski definition) is 3. The van der Waals surface area contributed by atoms with Crippen molar-refractivity contribution in [1.29, 1.82) is 0 Å². The van der Waals surface area contributed by atoms with Crippen LogP contribution in [0.2, 0.25) is 0 Å². The molecule has 0 aromatic heterocycles. The minimum atomic E-state index is -1.34. The van der Waals surface area contributed by atoms with Crippen molar-refractivity contribution in [2.75, 3.05) is 18.5 Å². The Kier molecular flexibility index (Phi) is 4.29. The van der Waals surface area contributed by atoms with Gasteiger partial charge in [-0.05, 0) is 24.6 Å². The van der Waals surface area contributed by atoms with Crippen LogP contribution in [0.4, 0.5) is 10.5 Å². The van der Waals surface area contributed by atoms with E-state index in [1.807, 2.05) is 19.1 Å². The van der Waals surface area contributed by atoms with E-state index in [1.54, 1.807) is 6.07 Å². The average molecular weight is 343 g/mol. The molecule has 1 heterocycles. The van der Waals surface area contributed by atoms with Crippen molar-refractivity contribution in [2.45, 2.75) is 18.9 Å². The molecule has 1 aliphatic heterocycles. The van der Waals surface area contributed by atoms with Crippen molar-refractivity contribution in [3.05, 3.63) is 28.2 Å². The SMILES string of the molecule is Cc1ccc(Br)cc1NC(=O)NC1(C(=O)O)CCOC1. The lowest BCUT2D eigenvalue weighted by Crippen LogP contribution is -2.56. The predicted octanol–water partition coefficient (Wildman–Crippen LogP) is 2.12. The number of urea groups is 1. The number of carbonyl (C=O) groups is 2. The Morgan fingerprint density at radius 2 is 2.20 bits per heavy atom. The van der Waals surface area contributed by atoms with Crippen molar-refractivity contribution in [1.82, 2.24) is 5.32 Å². The summed E-state index contributed by atoms with van der Waals surface area (Å²) in [4.78, 5) is 23.3. The largest absolute Gasteiger partial charge is 0.479 e. The predicted molar refractivity (Wildman–Crippen MR) is 76.8 cm³/mol. The first-order valence-electron chi connectivity index (χ1n) is 6.09. The lowest BCUT2D eigenvalue weighted by Gasteiger charge is -2.24. The van der Waals surface area contributed by atoms with E-state index >= 15 is 0 Å². The normalized spacial score (nSPS) is 21.5. The zero-order valence-electron chi connectivity index (χ0n) is 10.9. The lowest BCUT2D eigenvalue weighted by atomic mass is 9.99. The number of nitrogens with one attached hydrogen (secondary N) is 2. The summed E-state index contributed by atoms with van der Waals surface area (Å²) in [6.45, 7) is 2.16. The number of carbonyl (C=O) groups excluding carboxylic acids is 1. The highest BCUT2D eigenvalue weighted by Gasteiger charge is 2.44. The zero-order chi connectivity index (χ0) is 14.8. The van der Waals surface area contributed by atoms with E-state index in [4.69, 9.17) is 4.74 Å². The third-order valence-corrected chi connectivity index (χ3v) is 3.72. The van der Waals surface area contributed by atoms with Crippen LogP contribution in [0.1, 0.15) is 12.0 Å². The number of halogens is 1. The van der Waals surface area contributed by atoms with E-state index < -0.39 is 17.5 Å². The Hall–Kier alpha value is -1.60. The summed E-state index contributed by atoms with van der Waals surface area (Å²) in [6, 6.07) is 4.92. The van der Waals surface area contributed by atoms with E-state index in [9.17, 15) is 14.7 Å². The molecule has 1 aromatic carbocycles. The quantitative estimate of drug-likeness (QED) is 0.785. The van der Waals surface area contributed by atoms with E-state index in [2.05, 4.69) is 26.6 Å². The van der Waals surface area contributed by atoms with Gasteiger partial charge in [0.25, 0.3) is 0 Å². The molecule has 0 saturated carbocycles. The van der Waals surface area contributed by atoms with Crippen LogP contribution in [0.15, 0.2) is 22.7 Å². The maximum absolute atomic E-state index is 12.0. The molecule has 2 amide bonds. The van der Waals surface area contributed by atoms with E-state index in [1.165, 1.54) is 0 Å². The molecule has 1 saturated heterocycles. The van der Waals surface area contributed by atoms with Crippen molar-refractivity contribution < 1.29 is 19.4 Å². The van der Waals surface area contributed by atoms with Crippen molar-refractivity contribution in [2.24, 2.45) is 0 Å². The standard InChI is InChI=1S/C13H15BrN2O4/c1-8-2-3-9(14)6-10(8)15-12(19)16-13(11(17)18)4-5-20-7-13/h2-3,6H,4-5,7H2,1H3,(H,17,18)(H2,15,16,19). The fourth-order valence-electron chi connectivity index (χ4n) is 1.99. The molecule has 0 aliphatic carbocycles. The first-order valence-corrected chi connectivity index (χ1v) is 6.89. The molecule has 108 valence electrons. The second kappa shape index (κ2) is 5.80.